The maximum Gasteiger partial charge on any atom is 0.431 e. The second kappa shape index (κ2) is 5.60. The third-order valence-electron chi connectivity index (χ3n) is 4.54. The molecule has 10 heteroatoms. The van der Waals surface area contributed by atoms with Crippen molar-refractivity contribution < 1.29 is 27.1 Å². The van der Waals surface area contributed by atoms with Crippen LogP contribution in [0.25, 0.3) is 0 Å². The molecule has 0 saturated heterocycles. The number of fused-ring (bicyclic) bond motifs is 2. The van der Waals surface area contributed by atoms with Crippen molar-refractivity contribution in [1.82, 2.24) is 4.90 Å². The van der Waals surface area contributed by atoms with Crippen molar-refractivity contribution in [2.24, 2.45) is 4.99 Å². The number of aliphatic imine (C=N–C) groups is 1. The van der Waals surface area contributed by atoms with Crippen LogP contribution in [0.5, 0.6) is 5.75 Å². The van der Waals surface area contributed by atoms with E-state index in [0.717, 1.165) is 15.9 Å². The van der Waals surface area contributed by atoms with Crippen LogP contribution in [0.15, 0.2) is 22.8 Å². The maximum atomic E-state index is 14.9. The van der Waals surface area contributed by atoms with E-state index in [0.29, 0.717) is 11.6 Å². The first-order chi connectivity index (χ1) is 12.5. The molecule has 0 unspecified atom stereocenters. The third kappa shape index (κ3) is 2.75. The van der Waals surface area contributed by atoms with Crippen LogP contribution in [0, 0.1) is 5.82 Å². The molecule has 1 aromatic carbocycles. The number of allylic oxidation sites excluding steroid dienone is 1. The van der Waals surface area contributed by atoms with Crippen LogP contribution in [-0.4, -0.2) is 41.6 Å². The third-order valence-corrected chi connectivity index (χ3v) is 4.82. The highest BCUT2D eigenvalue weighted by molar-refractivity contribution is 6.32. The van der Waals surface area contributed by atoms with Crippen LogP contribution in [-0.2, 0) is 11.2 Å². The average molecular weight is 404 g/mol. The second-order valence-corrected chi connectivity index (χ2v) is 7.48. The molecule has 0 N–H and O–H groups in total. The van der Waals surface area contributed by atoms with E-state index in [4.69, 9.17) is 16.3 Å². The van der Waals surface area contributed by atoms with Crippen LogP contribution in [0.3, 0.4) is 0 Å². The van der Waals surface area contributed by atoms with Gasteiger partial charge in [-0.3, -0.25) is 9.79 Å². The SMILES string of the molecule is CC1(C)Cc2c(c(Cl)cc(F)c2N2C(=O)C=C(C(F)(F)F)N3CCN=C32)O1. The van der Waals surface area contributed by atoms with E-state index in [1.807, 2.05) is 0 Å². The van der Waals surface area contributed by atoms with Crippen molar-refractivity contribution in [3.8, 4) is 5.75 Å². The Labute approximate surface area is 156 Å². The number of hydrogen-bond donors (Lipinski definition) is 0. The predicted octanol–water partition coefficient (Wildman–Crippen LogP) is 3.66. The van der Waals surface area contributed by atoms with Crippen LogP contribution < -0.4 is 9.64 Å². The Morgan fingerprint density at radius 1 is 1.33 bits per heavy atom. The molecule has 0 saturated carbocycles. The zero-order valence-electron chi connectivity index (χ0n) is 14.3. The number of anilines is 1. The molecule has 0 bridgehead atoms. The number of nitrogens with zero attached hydrogens (tertiary/aromatic N) is 3. The van der Waals surface area contributed by atoms with Crippen molar-refractivity contribution in [2.75, 3.05) is 18.0 Å². The van der Waals surface area contributed by atoms with Gasteiger partial charge in [-0.05, 0) is 19.9 Å². The molecule has 0 atom stereocenters. The summed E-state index contributed by atoms with van der Waals surface area (Å²) in [6, 6.07) is 0.993. The lowest BCUT2D eigenvalue weighted by molar-refractivity contribution is -0.119. The summed E-state index contributed by atoms with van der Waals surface area (Å²) in [6.07, 6.45) is -4.02. The van der Waals surface area contributed by atoms with E-state index in [2.05, 4.69) is 4.99 Å². The van der Waals surface area contributed by atoms with Crippen LogP contribution in [0.2, 0.25) is 5.02 Å². The summed E-state index contributed by atoms with van der Waals surface area (Å²) in [7, 11) is 0. The largest absolute Gasteiger partial charge is 0.486 e. The van der Waals surface area contributed by atoms with Gasteiger partial charge in [-0.25, -0.2) is 9.29 Å². The quantitative estimate of drug-likeness (QED) is 0.672. The van der Waals surface area contributed by atoms with Crippen molar-refractivity contribution in [3.05, 3.63) is 34.2 Å². The van der Waals surface area contributed by atoms with Crippen LogP contribution in [0.1, 0.15) is 19.4 Å². The summed E-state index contributed by atoms with van der Waals surface area (Å²) in [4.78, 5) is 18.4. The summed E-state index contributed by atoms with van der Waals surface area (Å²) in [5.41, 5.74) is -1.65. The predicted molar refractivity (Wildman–Crippen MR) is 90.5 cm³/mol. The number of carbonyl (C=O) groups excluding carboxylic acids is 1. The first-order valence-electron chi connectivity index (χ1n) is 8.14. The summed E-state index contributed by atoms with van der Waals surface area (Å²) in [5, 5.41) is 0.0398. The lowest BCUT2D eigenvalue weighted by atomic mass is 9.99. The van der Waals surface area contributed by atoms with E-state index in [9.17, 15) is 22.4 Å². The number of benzene rings is 1. The van der Waals surface area contributed by atoms with Gasteiger partial charge in [0.25, 0.3) is 5.91 Å². The molecule has 4 rings (SSSR count). The van der Waals surface area contributed by atoms with Gasteiger partial charge < -0.3 is 9.64 Å². The van der Waals surface area contributed by atoms with Gasteiger partial charge in [0.2, 0.25) is 5.96 Å². The Morgan fingerprint density at radius 2 is 2.04 bits per heavy atom. The Kier molecular flexibility index (Phi) is 3.76. The first-order valence-corrected chi connectivity index (χ1v) is 8.52. The van der Waals surface area contributed by atoms with Crippen molar-refractivity contribution >= 4 is 29.2 Å². The molecule has 3 aliphatic heterocycles. The summed E-state index contributed by atoms with van der Waals surface area (Å²) >= 11 is 6.07. The lowest BCUT2D eigenvalue weighted by Gasteiger charge is -2.35. The number of hydrogen-bond acceptors (Lipinski definition) is 4. The monoisotopic (exact) mass is 403 g/mol. The average Bonchev–Trinajstić information content (AvgIpc) is 3.11. The molecule has 1 amide bonds. The van der Waals surface area contributed by atoms with Gasteiger partial charge in [-0.1, -0.05) is 11.6 Å². The summed E-state index contributed by atoms with van der Waals surface area (Å²) < 4.78 is 60.5. The molecular weight excluding hydrogens is 390 g/mol. The Morgan fingerprint density at radius 3 is 2.70 bits per heavy atom. The molecule has 0 aromatic heterocycles. The van der Waals surface area contributed by atoms with Crippen LogP contribution >= 0.6 is 11.6 Å². The van der Waals surface area contributed by atoms with Crippen molar-refractivity contribution in [3.63, 3.8) is 0 Å². The molecule has 5 nitrogen and oxygen atoms in total. The minimum atomic E-state index is -4.72. The highest BCUT2D eigenvalue weighted by Crippen LogP contribution is 2.47. The summed E-state index contributed by atoms with van der Waals surface area (Å²) in [5.74, 6) is -1.87. The number of rotatable bonds is 1. The Hall–Kier alpha value is -2.29. The Balaban J connectivity index is 1.90. The van der Waals surface area contributed by atoms with Gasteiger partial charge in [-0.15, -0.1) is 0 Å². The molecule has 0 radical (unpaired) electrons. The van der Waals surface area contributed by atoms with E-state index >= 15 is 0 Å². The fraction of sp³-hybridized carbons (Fsp3) is 0.412. The molecule has 3 aliphatic rings. The highest BCUT2D eigenvalue weighted by atomic mass is 35.5. The molecule has 3 heterocycles. The number of alkyl halides is 3. The highest BCUT2D eigenvalue weighted by Gasteiger charge is 2.48. The fourth-order valence-corrected chi connectivity index (χ4v) is 3.80. The van der Waals surface area contributed by atoms with Crippen molar-refractivity contribution in [2.45, 2.75) is 32.0 Å². The zero-order chi connectivity index (χ0) is 19.7. The molecule has 0 spiro atoms. The van der Waals surface area contributed by atoms with Gasteiger partial charge in [-0.2, -0.15) is 13.2 Å². The zero-order valence-corrected chi connectivity index (χ0v) is 15.1. The minimum absolute atomic E-state index is 0.0398. The topological polar surface area (TPSA) is 45.1 Å². The van der Waals surface area contributed by atoms with E-state index in [-0.39, 0.29) is 41.9 Å². The molecular formula is C17H14ClF4N3O2. The first kappa shape index (κ1) is 18.1. The number of amides is 1. The molecule has 144 valence electrons. The normalized spacial score (nSPS) is 20.9. The number of carbonyl (C=O) groups is 1. The van der Waals surface area contributed by atoms with E-state index in [1.165, 1.54) is 0 Å². The van der Waals surface area contributed by atoms with Gasteiger partial charge >= 0.3 is 6.18 Å². The van der Waals surface area contributed by atoms with Gasteiger partial charge in [0.05, 0.1) is 17.3 Å². The van der Waals surface area contributed by atoms with Crippen LogP contribution in [0.4, 0.5) is 23.2 Å². The standard InChI is InChI=1S/C17H14ClF4N3O2/c1-16(2)7-8-13(10(19)5-9(18)14(8)27-16)25-12(26)6-11(17(20,21)22)24-4-3-23-15(24)25/h5-6H,3-4,7H2,1-2H3. The van der Waals surface area contributed by atoms with Crippen molar-refractivity contribution in [1.29, 1.82) is 0 Å². The number of halogens is 5. The number of ether oxygens (including phenoxy) is 1. The van der Waals surface area contributed by atoms with Gasteiger partial charge in [0.1, 0.15) is 22.9 Å². The lowest BCUT2D eigenvalue weighted by Crippen LogP contribution is -2.51. The Bertz CT molecular complexity index is 924. The van der Waals surface area contributed by atoms with Gasteiger partial charge in [0, 0.05) is 24.6 Å². The molecule has 1 aromatic rings. The molecule has 0 fully saturated rings. The second-order valence-electron chi connectivity index (χ2n) is 7.07. The smallest absolute Gasteiger partial charge is 0.431 e. The van der Waals surface area contributed by atoms with E-state index < -0.39 is 29.2 Å². The van der Waals surface area contributed by atoms with E-state index in [1.54, 1.807) is 13.8 Å². The molecule has 27 heavy (non-hydrogen) atoms. The fourth-order valence-electron chi connectivity index (χ4n) is 3.55. The summed E-state index contributed by atoms with van der Waals surface area (Å²) in [6.45, 7) is 3.55. The number of guanidine groups is 1. The molecule has 0 aliphatic carbocycles. The minimum Gasteiger partial charge on any atom is -0.486 e. The van der Waals surface area contributed by atoms with Gasteiger partial charge in [0.15, 0.2) is 0 Å². The maximum absolute atomic E-state index is 14.9.